The van der Waals surface area contributed by atoms with Crippen LogP contribution in [0.2, 0.25) is 0 Å². The Morgan fingerprint density at radius 1 is 1.21 bits per heavy atom. The summed E-state index contributed by atoms with van der Waals surface area (Å²) in [4.78, 5) is 21.5. The highest BCUT2D eigenvalue weighted by Gasteiger charge is 2.58. The summed E-state index contributed by atoms with van der Waals surface area (Å²) in [6.45, 7) is 2.66. The van der Waals surface area contributed by atoms with Crippen LogP contribution in [0, 0.1) is 17.8 Å². The number of anilines is 1. The maximum atomic E-state index is 13.0. The zero-order valence-corrected chi connectivity index (χ0v) is 15.2. The lowest BCUT2D eigenvalue weighted by molar-refractivity contribution is -0.146. The Labute approximate surface area is 160 Å². The second-order valence-corrected chi connectivity index (χ2v) is 8.12. The number of hydrogen-bond acceptors (Lipinski definition) is 8. The minimum Gasteiger partial charge on any atom is -0.390 e. The summed E-state index contributed by atoms with van der Waals surface area (Å²) in [6, 6.07) is 0. The van der Waals surface area contributed by atoms with E-state index in [2.05, 4.69) is 25.4 Å². The van der Waals surface area contributed by atoms with E-state index < -0.39 is 6.10 Å². The van der Waals surface area contributed by atoms with Crippen LogP contribution in [0.3, 0.4) is 0 Å². The standard InChI is InChI=1S/C18H21N7O3/c26-14-11-8-24(16-17-20-21-22-25(17)6-3-19-16)9-12(11)15-10(7-13(14)28-15)18(27)23-4-1-2-5-23/h1-3,6,10-15,26H,4-5,7-9H2/t10?,11-,12+,13+,14+,15-/m1/s1. The van der Waals surface area contributed by atoms with Crippen LogP contribution in [0.15, 0.2) is 24.5 Å². The van der Waals surface area contributed by atoms with Gasteiger partial charge in [-0.2, -0.15) is 4.52 Å². The molecule has 1 N–H and O–H groups in total. The summed E-state index contributed by atoms with van der Waals surface area (Å²) in [5, 5.41) is 22.6. The maximum absolute atomic E-state index is 13.0. The molecular formula is C18H21N7O3. The van der Waals surface area contributed by atoms with Crippen molar-refractivity contribution in [3.05, 3.63) is 24.5 Å². The number of amides is 1. The summed E-state index contributed by atoms with van der Waals surface area (Å²) < 4.78 is 7.76. The number of ether oxygens (including phenoxy) is 1. The van der Waals surface area contributed by atoms with Crippen LogP contribution in [0.4, 0.5) is 5.82 Å². The first kappa shape index (κ1) is 16.4. The summed E-state index contributed by atoms with van der Waals surface area (Å²) in [7, 11) is 0. The third-order valence-electron chi connectivity index (χ3n) is 6.71. The fourth-order valence-electron chi connectivity index (χ4n) is 5.39. The van der Waals surface area contributed by atoms with Crippen LogP contribution >= 0.6 is 0 Å². The van der Waals surface area contributed by atoms with Gasteiger partial charge in [-0.3, -0.25) is 4.79 Å². The van der Waals surface area contributed by atoms with Crippen molar-refractivity contribution in [1.82, 2.24) is 29.9 Å². The molecule has 0 aromatic carbocycles. The summed E-state index contributed by atoms with van der Waals surface area (Å²) in [6.07, 6.45) is 7.03. The second kappa shape index (κ2) is 5.95. The van der Waals surface area contributed by atoms with Gasteiger partial charge in [-0.1, -0.05) is 12.2 Å². The van der Waals surface area contributed by atoms with E-state index >= 15 is 0 Å². The first-order chi connectivity index (χ1) is 13.7. The van der Waals surface area contributed by atoms with E-state index in [0.717, 1.165) is 0 Å². The summed E-state index contributed by atoms with van der Waals surface area (Å²) >= 11 is 0. The fraction of sp³-hybridized carbons (Fsp3) is 0.611. The number of fused-ring (bicyclic) bond motifs is 5. The third-order valence-corrected chi connectivity index (χ3v) is 6.71. The van der Waals surface area contributed by atoms with Crippen LogP contribution in [0.5, 0.6) is 0 Å². The molecule has 6 atom stereocenters. The Morgan fingerprint density at radius 2 is 2.04 bits per heavy atom. The summed E-state index contributed by atoms with van der Waals surface area (Å²) in [5.41, 5.74) is 0.595. The average molecular weight is 383 g/mol. The van der Waals surface area contributed by atoms with Crippen molar-refractivity contribution >= 4 is 17.4 Å². The third kappa shape index (κ3) is 2.24. The molecule has 0 spiro atoms. The van der Waals surface area contributed by atoms with E-state index in [1.165, 1.54) is 0 Å². The number of aliphatic hydroxyl groups excluding tert-OH is 1. The van der Waals surface area contributed by atoms with Crippen molar-refractivity contribution in [2.45, 2.75) is 24.7 Å². The van der Waals surface area contributed by atoms with Gasteiger partial charge >= 0.3 is 0 Å². The molecule has 28 heavy (non-hydrogen) atoms. The first-order valence-corrected chi connectivity index (χ1v) is 9.75. The SMILES string of the molecule is O=C(C1C[C@@H]2O[C@H]1[C@H]1CN(c3nccn4nnnc34)C[C@H]1[C@@H]2O)N1CC=CC1. The van der Waals surface area contributed by atoms with Gasteiger partial charge in [-0.15, -0.1) is 5.10 Å². The predicted octanol–water partition coefficient (Wildman–Crippen LogP) is -0.882. The molecular weight excluding hydrogens is 362 g/mol. The fourth-order valence-corrected chi connectivity index (χ4v) is 5.39. The van der Waals surface area contributed by atoms with Crippen molar-refractivity contribution in [3.8, 4) is 0 Å². The van der Waals surface area contributed by atoms with E-state index in [4.69, 9.17) is 4.74 Å². The largest absolute Gasteiger partial charge is 0.390 e. The van der Waals surface area contributed by atoms with E-state index in [0.29, 0.717) is 44.1 Å². The van der Waals surface area contributed by atoms with E-state index in [9.17, 15) is 9.90 Å². The molecule has 3 fully saturated rings. The van der Waals surface area contributed by atoms with Gasteiger partial charge in [-0.25, -0.2) is 4.98 Å². The highest BCUT2D eigenvalue weighted by molar-refractivity contribution is 5.80. The molecule has 6 rings (SSSR count). The van der Waals surface area contributed by atoms with E-state index in [-0.39, 0.29) is 35.9 Å². The number of carbonyl (C=O) groups is 1. The van der Waals surface area contributed by atoms with Gasteiger partial charge in [-0.05, 0) is 16.8 Å². The van der Waals surface area contributed by atoms with Gasteiger partial charge in [0, 0.05) is 44.2 Å². The molecule has 4 aliphatic rings. The Hall–Kier alpha value is -2.59. The number of rotatable bonds is 2. The topological polar surface area (TPSA) is 109 Å². The van der Waals surface area contributed by atoms with E-state index in [1.807, 2.05) is 17.1 Å². The van der Waals surface area contributed by atoms with Crippen LogP contribution in [0.25, 0.3) is 5.65 Å². The van der Waals surface area contributed by atoms with Gasteiger partial charge < -0.3 is 19.6 Å². The summed E-state index contributed by atoms with van der Waals surface area (Å²) in [5.74, 6) is 0.794. The molecule has 2 aromatic heterocycles. The molecule has 10 heteroatoms. The monoisotopic (exact) mass is 383 g/mol. The normalized spacial score (nSPS) is 36.5. The van der Waals surface area contributed by atoms with Crippen LogP contribution in [-0.4, -0.2) is 85.4 Å². The predicted molar refractivity (Wildman–Crippen MR) is 96.3 cm³/mol. The highest BCUT2D eigenvalue weighted by Crippen LogP contribution is 2.48. The molecule has 2 bridgehead atoms. The molecule has 10 nitrogen and oxygen atoms in total. The lowest BCUT2D eigenvalue weighted by atomic mass is 9.83. The molecule has 0 aliphatic carbocycles. The lowest BCUT2D eigenvalue weighted by Crippen LogP contribution is -2.47. The van der Waals surface area contributed by atoms with Crippen LogP contribution in [0.1, 0.15) is 6.42 Å². The van der Waals surface area contributed by atoms with Crippen molar-refractivity contribution in [3.63, 3.8) is 0 Å². The molecule has 6 heterocycles. The van der Waals surface area contributed by atoms with Crippen molar-refractivity contribution in [2.75, 3.05) is 31.1 Å². The van der Waals surface area contributed by atoms with Crippen LogP contribution < -0.4 is 4.90 Å². The number of tetrazole rings is 1. The number of aliphatic hydroxyl groups is 1. The van der Waals surface area contributed by atoms with Gasteiger partial charge in [0.05, 0.1) is 30.4 Å². The lowest BCUT2D eigenvalue weighted by Gasteiger charge is -2.36. The molecule has 0 radical (unpaired) electrons. The Balaban J connectivity index is 1.29. The number of nitrogens with zero attached hydrogens (tertiary/aromatic N) is 7. The number of carbonyl (C=O) groups excluding carboxylic acids is 1. The molecule has 1 unspecified atom stereocenters. The van der Waals surface area contributed by atoms with E-state index in [1.54, 1.807) is 16.9 Å². The Morgan fingerprint density at radius 3 is 2.89 bits per heavy atom. The molecule has 1 amide bonds. The minimum absolute atomic E-state index is 0.0520. The first-order valence-electron chi connectivity index (χ1n) is 9.75. The van der Waals surface area contributed by atoms with Crippen molar-refractivity contribution < 1.29 is 14.6 Å². The number of aromatic nitrogens is 5. The molecule has 0 saturated carbocycles. The zero-order chi connectivity index (χ0) is 18.8. The molecule has 2 aromatic rings. The van der Waals surface area contributed by atoms with Crippen molar-refractivity contribution in [2.24, 2.45) is 17.8 Å². The Kier molecular flexibility index (Phi) is 3.48. The minimum atomic E-state index is -0.573. The van der Waals surface area contributed by atoms with Gasteiger partial charge in [0.1, 0.15) is 0 Å². The van der Waals surface area contributed by atoms with Gasteiger partial charge in [0.25, 0.3) is 0 Å². The molecule has 146 valence electrons. The smallest absolute Gasteiger partial charge is 0.228 e. The van der Waals surface area contributed by atoms with Crippen molar-refractivity contribution in [1.29, 1.82) is 0 Å². The molecule has 4 aliphatic heterocycles. The van der Waals surface area contributed by atoms with Gasteiger partial charge in [0.15, 0.2) is 5.82 Å². The Bertz CT molecular complexity index is 954. The maximum Gasteiger partial charge on any atom is 0.228 e. The second-order valence-electron chi connectivity index (χ2n) is 8.12. The zero-order valence-electron chi connectivity index (χ0n) is 15.2. The van der Waals surface area contributed by atoms with Gasteiger partial charge in [0.2, 0.25) is 11.6 Å². The quantitative estimate of drug-likeness (QED) is 0.666. The molecule has 3 saturated heterocycles. The number of hydrogen-bond donors (Lipinski definition) is 1. The van der Waals surface area contributed by atoms with Crippen LogP contribution in [-0.2, 0) is 9.53 Å². The highest BCUT2D eigenvalue weighted by atomic mass is 16.5. The average Bonchev–Trinajstić information content (AvgIpc) is 3.50.